The molecule has 3 heteroatoms. The first-order valence-corrected chi connectivity index (χ1v) is 10.2. The van der Waals surface area contributed by atoms with E-state index < -0.39 is 5.97 Å². The summed E-state index contributed by atoms with van der Waals surface area (Å²) in [6.45, 7) is 3.69. The van der Waals surface area contributed by atoms with E-state index in [1.807, 2.05) is 0 Å². The first kappa shape index (κ1) is 18.7. The number of hydrogen-bond donors (Lipinski definition) is 1. The van der Waals surface area contributed by atoms with E-state index in [9.17, 15) is 9.90 Å². The van der Waals surface area contributed by atoms with Crippen LogP contribution in [0.4, 0.5) is 0 Å². The second-order valence-electron chi connectivity index (χ2n) is 7.74. The van der Waals surface area contributed by atoms with Gasteiger partial charge in [-0.25, -0.2) is 0 Å². The van der Waals surface area contributed by atoms with Gasteiger partial charge in [0.2, 0.25) is 0 Å². The predicted octanol–water partition coefficient (Wildman–Crippen LogP) is 5.29. The van der Waals surface area contributed by atoms with Crippen LogP contribution in [0.1, 0.15) is 42.5 Å². The lowest BCUT2D eigenvalue weighted by Gasteiger charge is -2.38. The fourth-order valence-electron chi connectivity index (χ4n) is 4.45. The summed E-state index contributed by atoms with van der Waals surface area (Å²) < 4.78 is 0. The molecule has 3 aromatic carbocycles. The van der Waals surface area contributed by atoms with Gasteiger partial charge in [0.05, 0.1) is 12.0 Å². The number of likely N-dealkylation sites (tertiary alicyclic amines) is 1. The summed E-state index contributed by atoms with van der Waals surface area (Å²) in [6.07, 6.45) is 2.71. The zero-order valence-corrected chi connectivity index (χ0v) is 16.3. The van der Waals surface area contributed by atoms with Crippen LogP contribution in [0.3, 0.4) is 0 Å². The molecule has 1 N–H and O–H groups in total. The molecule has 3 aromatic rings. The number of aryl methyl sites for hydroxylation is 1. The van der Waals surface area contributed by atoms with Crippen LogP contribution in [0.5, 0.6) is 0 Å². The fraction of sp³-hybridized carbons (Fsp3) is 0.320. The summed E-state index contributed by atoms with van der Waals surface area (Å²) >= 11 is 0. The average Bonchev–Trinajstić information content (AvgIpc) is 2.75. The largest absolute Gasteiger partial charge is 0.481 e. The van der Waals surface area contributed by atoms with E-state index in [1.54, 1.807) is 0 Å². The number of carboxylic acid groups (broad SMARTS) is 1. The number of aliphatic carboxylic acids is 1. The van der Waals surface area contributed by atoms with Crippen molar-refractivity contribution in [2.24, 2.45) is 5.92 Å². The number of nitrogens with zero attached hydrogens (tertiary/aromatic N) is 1. The highest BCUT2D eigenvalue weighted by Gasteiger charge is 2.31. The highest BCUT2D eigenvalue weighted by molar-refractivity contribution is 5.86. The lowest BCUT2D eigenvalue weighted by Crippen LogP contribution is -2.41. The van der Waals surface area contributed by atoms with Gasteiger partial charge in [0.15, 0.2) is 0 Å². The molecule has 1 saturated heterocycles. The minimum atomic E-state index is -0.678. The van der Waals surface area contributed by atoms with Gasteiger partial charge in [-0.2, -0.15) is 0 Å². The van der Waals surface area contributed by atoms with Gasteiger partial charge >= 0.3 is 5.97 Å². The van der Waals surface area contributed by atoms with E-state index in [0.29, 0.717) is 6.54 Å². The molecule has 4 rings (SSSR count). The molecule has 3 nitrogen and oxygen atoms in total. The predicted molar refractivity (Wildman–Crippen MR) is 114 cm³/mol. The zero-order chi connectivity index (χ0) is 19.5. The number of fused-ring (bicyclic) bond motifs is 1. The summed E-state index contributed by atoms with van der Waals surface area (Å²) in [4.78, 5) is 14.0. The molecule has 0 amide bonds. The van der Waals surface area contributed by atoms with Crippen LogP contribution in [0.25, 0.3) is 10.8 Å². The Morgan fingerprint density at radius 2 is 1.82 bits per heavy atom. The van der Waals surface area contributed by atoms with Gasteiger partial charge in [-0.05, 0) is 53.3 Å². The number of hydrogen-bond acceptors (Lipinski definition) is 2. The maximum Gasteiger partial charge on any atom is 0.307 e. The maximum atomic E-state index is 11.7. The first-order chi connectivity index (χ1) is 13.7. The van der Waals surface area contributed by atoms with Gasteiger partial charge in [-0.3, -0.25) is 9.69 Å². The van der Waals surface area contributed by atoms with E-state index >= 15 is 0 Å². The van der Waals surface area contributed by atoms with E-state index in [4.69, 9.17) is 0 Å². The Balaban J connectivity index is 1.82. The third kappa shape index (κ3) is 3.67. The smallest absolute Gasteiger partial charge is 0.307 e. The van der Waals surface area contributed by atoms with Gasteiger partial charge in [0.25, 0.3) is 0 Å². The van der Waals surface area contributed by atoms with Gasteiger partial charge < -0.3 is 5.11 Å². The molecule has 0 aliphatic carbocycles. The van der Waals surface area contributed by atoms with Crippen LogP contribution in [-0.4, -0.2) is 29.1 Å². The van der Waals surface area contributed by atoms with Gasteiger partial charge in [-0.15, -0.1) is 0 Å². The quantitative estimate of drug-likeness (QED) is 0.661. The number of benzene rings is 3. The number of carbonyl (C=O) groups is 1. The van der Waals surface area contributed by atoms with Crippen LogP contribution in [0.15, 0.2) is 66.7 Å². The van der Waals surface area contributed by atoms with Gasteiger partial charge in [0.1, 0.15) is 0 Å². The number of rotatable bonds is 5. The lowest BCUT2D eigenvalue weighted by atomic mass is 9.88. The molecule has 2 atom stereocenters. The van der Waals surface area contributed by atoms with Crippen molar-refractivity contribution in [3.63, 3.8) is 0 Å². The van der Waals surface area contributed by atoms with Crippen molar-refractivity contribution >= 4 is 16.7 Å². The molecule has 1 heterocycles. The van der Waals surface area contributed by atoms with Crippen LogP contribution < -0.4 is 0 Å². The van der Waals surface area contributed by atoms with Crippen molar-refractivity contribution < 1.29 is 9.90 Å². The highest BCUT2D eigenvalue weighted by atomic mass is 16.4. The summed E-state index contributed by atoms with van der Waals surface area (Å²) in [7, 11) is 0. The molecule has 0 bridgehead atoms. The Hall–Kier alpha value is -2.65. The average molecular weight is 373 g/mol. The fourth-order valence-corrected chi connectivity index (χ4v) is 4.45. The van der Waals surface area contributed by atoms with Crippen LogP contribution in [0.2, 0.25) is 0 Å². The van der Waals surface area contributed by atoms with E-state index in [2.05, 4.69) is 78.6 Å². The van der Waals surface area contributed by atoms with Crippen molar-refractivity contribution in [3.05, 3.63) is 83.4 Å². The first-order valence-electron chi connectivity index (χ1n) is 10.2. The van der Waals surface area contributed by atoms with E-state index in [-0.39, 0.29) is 12.0 Å². The molecular formula is C25H27NO2. The van der Waals surface area contributed by atoms with E-state index in [1.165, 1.54) is 27.5 Å². The lowest BCUT2D eigenvalue weighted by molar-refractivity contribution is -0.143. The Bertz CT molecular complexity index is 958. The molecular weight excluding hydrogens is 346 g/mol. The molecule has 1 aliphatic heterocycles. The van der Waals surface area contributed by atoms with Crippen LogP contribution >= 0.6 is 0 Å². The summed E-state index contributed by atoms with van der Waals surface area (Å²) in [5.74, 6) is -0.969. The third-order valence-corrected chi connectivity index (χ3v) is 5.99. The molecule has 0 radical (unpaired) electrons. The topological polar surface area (TPSA) is 40.5 Å². The number of carboxylic acids is 1. The molecule has 1 aliphatic rings. The normalized spacial score (nSPS) is 18.8. The minimum absolute atomic E-state index is 0.0687. The van der Waals surface area contributed by atoms with Crippen molar-refractivity contribution in [1.82, 2.24) is 4.90 Å². The van der Waals surface area contributed by atoms with Gasteiger partial charge in [-0.1, -0.05) is 73.7 Å². The molecule has 28 heavy (non-hydrogen) atoms. The Kier molecular flexibility index (Phi) is 5.45. The standard InChI is InChI=1S/C25H27NO2/c1-2-18-12-14-20(15-13-18)24(26-16-6-9-21(17-26)25(27)28)23-11-5-8-19-7-3-4-10-22(19)23/h3-5,7-8,10-15,21,24H,2,6,9,16-17H2,1H3,(H,27,28). The van der Waals surface area contributed by atoms with Gasteiger partial charge in [0, 0.05) is 6.54 Å². The Morgan fingerprint density at radius 3 is 2.57 bits per heavy atom. The molecule has 0 saturated carbocycles. The van der Waals surface area contributed by atoms with Crippen LogP contribution in [0, 0.1) is 5.92 Å². The second-order valence-corrected chi connectivity index (χ2v) is 7.74. The second kappa shape index (κ2) is 8.15. The summed E-state index contributed by atoms with van der Waals surface area (Å²) in [6, 6.07) is 23.8. The zero-order valence-electron chi connectivity index (χ0n) is 16.3. The Labute approximate surface area is 166 Å². The summed E-state index contributed by atoms with van der Waals surface area (Å²) in [5.41, 5.74) is 3.82. The molecule has 1 fully saturated rings. The molecule has 144 valence electrons. The SMILES string of the molecule is CCc1ccc(C(c2cccc3ccccc23)N2CCCC(C(=O)O)C2)cc1. The number of piperidine rings is 1. The van der Waals surface area contributed by atoms with Crippen molar-refractivity contribution in [3.8, 4) is 0 Å². The molecule has 0 aromatic heterocycles. The van der Waals surface area contributed by atoms with E-state index in [0.717, 1.165) is 25.8 Å². The van der Waals surface area contributed by atoms with Crippen LogP contribution in [-0.2, 0) is 11.2 Å². The van der Waals surface area contributed by atoms with Crippen molar-refractivity contribution in [1.29, 1.82) is 0 Å². The van der Waals surface area contributed by atoms with Crippen molar-refractivity contribution in [2.75, 3.05) is 13.1 Å². The third-order valence-electron chi connectivity index (χ3n) is 5.99. The monoisotopic (exact) mass is 373 g/mol. The maximum absolute atomic E-state index is 11.7. The molecule has 2 unspecified atom stereocenters. The Morgan fingerprint density at radius 1 is 1.07 bits per heavy atom. The summed E-state index contributed by atoms with van der Waals surface area (Å²) in [5, 5.41) is 12.1. The minimum Gasteiger partial charge on any atom is -0.481 e. The van der Waals surface area contributed by atoms with Crippen molar-refractivity contribution in [2.45, 2.75) is 32.2 Å². The highest BCUT2D eigenvalue weighted by Crippen LogP contribution is 2.36. The molecule has 0 spiro atoms.